The third-order valence-electron chi connectivity index (χ3n) is 4.52. The van der Waals surface area contributed by atoms with Gasteiger partial charge in [0.15, 0.2) is 5.82 Å². The minimum Gasteiger partial charge on any atom is -0.405 e. The molecule has 144 valence electrons. The van der Waals surface area contributed by atoms with Gasteiger partial charge >= 0.3 is 6.36 Å². The lowest BCUT2D eigenvalue weighted by atomic mass is 10.1. The molecule has 8 heteroatoms. The number of nitrogens with zero attached hydrogens (tertiary/aromatic N) is 4. The number of fused-ring (bicyclic) bond motifs is 1. The van der Waals surface area contributed by atoms with Crippen LogP contribution < -0.4 is 4.74 Å². The van der Waals surface area contributed by atoms with Gasteiger partial charge in [-0.15, -0.1) is 13.2 Å². The highest BCUT2D eigenvalue weighted by Crippen LogP contribution is 2.28. The van der Waals surface area contributed by atoms with Crippen LogP contribution in [0.25, 0.3) is 11.4 Å². The van der Waals surface area contributed by atoms with E-state index in [-0.39, 0.29) is 5.75 Å². The zero-order valence-corrected chi connectivity index (χ0v) is 14.9. The van der Waals surface area contributed by atoms with Crippen molar-refractivity contribution in [1.82, 2.24) is 19.9 Å². The van der Waals surface area contributed by atoms with Crippen molar-refractivity contribution < 1.29 is 17.9 Å². The van der Waals surface area contributed by atoms with Crippen molar-refractivity contribution in [1.29, 1.82) is 0 Å². The smallest absolute Gasteiger partial charge is 0.405 e. The first-order chi connectivity index (χ1) is 13.5. The summed E-state index contributed by atoms with van der Waals surface area (Å²) in [6, 6.07) is 9.97. The molecule has 4 rings (SSSR count). The summed E-state index contributed by atoms with van der Waals surface area (Å²) in [5, 5.41) is 0. The van der Waals surface area contributed by atoms with Crippen LogP contribution in [0, 0.1) is 0 Å². The quantitative estimate of drug-likeness (QED) is 0.679. The minimum atomic E-state index is -4.71. The molecule has 1 aliphatic heterocycles. The van der Waals surface area contributed by atoms with Crippen LogP contribution in [0.4, 0.5) is 13.2 Å². The Kier molecular flexibility index (Phi) is 4.95. The van der Waals surface area contributed by atoms with Gasteiger partial charge in [0.25, 0.3) is 0 Å². The Balaban J connectivity index is 1.50. The highest BCUT2D eigenvalue weighted by molar-refractivity contribution is 5.53. The van der Waals surface area contributed by atoms with Crippen molar-refractivity contribution >= 4 is 0 Å². The van der Waals surface area contributed by atoms with E-state index in [0.717, 1.165) is 16.8 Å². The summed E-state index contributed by atoms with van der Waals surface area (Å²) >= 11 is 0. The van der Waals surface area contributed by atoms with Crippen molar-refractivity contribution in [2.45, 2.75) is 25.9 Å². The lowest BCUT2D eigenvalue weighted by Gasteiger charge is -2.28. The number of halogens is 3. The average Bonchev–Trinajstić information content (AvgIpc) is 2.69. The maximum absolute atomic E-state index is 12.6. The van der Waals surface area contributed by atoms with Crippen LogP contribution in [0.1, 0.15) is 16.8 Å². The number of benzene rings is 1. The van der Waals surface area contributed by atoms with Gasteiger partial charge < -0.3 is 4.74 Å². The predicted molar refractivity (Wildman–Crippen MR) is 96.2 cm³/mol. The van der Waals surface area contributed by atoms with E-state index in [1.54, 1.807) is 30.7 Å². The van der Waals surface area contributed by atoms with Crippen molar-refractivity contribution in [2.75, 3.05) is 6.54 Å². The molecule has 0 fully saturated rings. The largest absolute Gasteiger partial charge is 0.573 e. The number of pyridine rings is 1. The van der Waals surface area contributed by atoms with Crippen molar-refractivity contribution in [3.63, 3.8) is 0 Å². The number of aromatic nitrogens is 3. The Hall–Kier alpha value is -3.00. The Morgan fingerprint density at radius 2 is 1.93 bits per heavy atom. The maximum Gasteiger partial charge on any atom is 0.573 e. The van der Waals surface area contributed by atoms with E-state index < -0.39 is 6.36 Å². The number of ether oxygens (including phenoxy) is 1. The van der Waals surface area contributed by atoms with E-state index >= 15 is 0 Å². The summed E-state index contributed by atoms with van der Waals surface area (Å²) in [7, 11) is 0. The summed E-state index contributed by atoms with van der Waals surface area (Å²) in [6.45, 7) is 1.62. The third kappa shape index (κ3) is 4.28. The second-order valence-corrected chi connectivity index (χ2v) is 6.52. The number of hydrogen-bond donors (Lipinski definition) is 0. The van der Waals surface area contributed by atoms with Gasteiger partial charge in [0.1, 0.15) is 5.75 Å². The molecule has 0 N–H and O–H groups in total. The second-order valence-electron chi connectivity index (χ2n) is 6.52. The molecule has 0 spiro atoms. The summed E-state index contributed by atoms with van der Waals surface area (Å²) in [5.41, 5.74) is 3.29. The second kappa shape index (κ2) is 7.55. The van der Waals surface area contributed by atoms with Gasteiger partial charge in [0, 0.05) is 61.3 Å². The molecule has 0 atom stereocenters. The van der Waals surface area contributed by atoms with Crippen molar-refractivity contribution in [3.05, 3.63) is 71.8 Å². The molecule has 0 amide bonds. The first kappa shape index (κ1) is 18.4. The summed E-state index contributed by atoms with van der Waals surface area (Å²) in [4.78, 5) is 15.2. The standard InChI is InChI=1S/C20H17F3N4O/c21-20(22,23)28-18-6-2-1-4-15(18)12-27-9-7-17-16(13-27)11-25-19(26-17)14-5-3-8-24-10-14/h1-6,8,10-11H,7,9,12-13H2. The molecule has 2 aromatic heterocycles. The molecule has 0 bridgehead atoms. The van der Waals surface area contributed by atoms with Crippen LogP contribution in [0.15, 0.2) is 55.0 Å². The third-order valence-corrected chi connectivity index (χ3v) is 4.52. The van der Waals surface area contributed by atoms with Gasteiger partial charge in [-0.25, -0.2) is 9.97 Å². The molecule has 1 aromatic carbocycles. The number of alkyl halides is 3. The Labute approximate surface area is 159 Å². The van der Waals surface area contributed by atoms with Crippen molar-refractivity contribution in [2.24, 2.45) is 0 Å². The lowest BCUT2D eigenvalue weighted by molar-refractivity contribution is -0.275. The van der Waals surface area contributed by atoms with Gasteiger partial charge in [-0.1, -0.05) is 18.2 Å². The van der Waals surface area contributed by atoms with Gasteiger partial charge in [0.2, 0.25) is 0 Å². The Morgan fingerprint density at radius 3 is 2.71 bits per heavy atom. The van der Waals surface area contributed by atoms with Crippen LogP contribution in [-0.4, -0.2) is 32.8 Å². The number of hydrogen-bond acceptors (Lipinski definition) is 5. The molecule has 0 saturated carbocycles. The fraction of sp³-hybridized carbons (Fsp3) is 0.250. The van der Waals surface area contributed by atoms with Crippen molar-refractivity contribution in [3.8, 4) is 17.1 Å². The average molecular weight is 386 g/mol. The molecule has 5 nitrogen and oxygen atoms in total. The van der Waals surface area contributed by atoms with Crippen LogP contribution in [0.3, 0.4) is 0 Å². The Morgan fingerprint density at radius 1 is 1.07 bits per heavy atom. The topological polar surface area (TPSA) is 51.1 Å². The van der Waals surface area contributed by atoms with Crippen LogP contribution >= 0.6 is 0 Å². The molecule has 0 aliphatic carbocycles. The van der Waals surface area contributed by atoms with Gasteiger partial charge in [0.05, 0.1) is 5.69 Å². The highest BCUT2D eigenvalue weighted by atomic mass is 19.4. The summed E-state index contributed by atoms with van der Waals surface area (Å²) in [6.07, 6.45) is 1.19. The molecule has 1 aliphatic rings. The number of rotatable bonds is 4. The molecular weight excluding hydrogens is 369 g/mol. The van der Waals surface area contributed by atoms with Crippen LogP contribution in [0.5, 0.6) is 5.75 Å². The summed E-state index contributed by atoms with van der Waals surface area (Å²) < 4.78 is 42.0. The fourth-order valence-electron chi connectivity index (χ4n) is 3.24. The molecule has 3 aromatic rings. The first-order valence-corrected chi connectivity index (χ1v) is 8.79. The van der Waals surface area contributed by atoms with E-state index in [1.165, 1.54) is 12.1 Å². The van der Waals surface area contributed by atoms with Crippen LogP contribution in [-0.2, 0) is 19.5 Å². The van der Waals surface area contributed by atoms with Gasteiger partial charge in [-0.05, 0) is 18.2 Å². The SMILES string of the molecule is FC(F)(F)Oc1ccccc1CN1CCc2nc(-c3cccnc3)ncc2C1. The predicted octanol–water partition coefficient (Wildman–Crippen LogP) is 4.00. The van der Waals surface area contributed by atoms with Crippen LogP contribution in [0.2, 0.25) is 0 Å². The molecule has 0 radical (unpaired) electrons. The van der Waals surface area contributed by atoms with E-state index in [2.05, 4.69) is 24.6 Å². The number of para-hydroxylation sites is 1. The van der Waals surface area contributed by atoms with E-state index in [0.29, 0.717) is 37.4 Å². The fourth-order valence-corrected chi connectivity index (χ4v) is 3.24. The first-order valence-electron chi connectivity index (χ1n) is 8.79. The van der Waals surface area contributed by atoms with E-state index in [4.69, 9.17) is 0 Å². The summed E-state index contributed by atoms with van der Waals surface area (Å²) in [5.74, 6) is 0.466. The Bertz CT molecular complexity index is 963. The minimum absolute atomic E-state index is 0.163. The normalized spacial score (nSPS) is 14.5. The van der Waals surface area contributed by atoms with E-state index in [1.807, 2.05) is 12.1 Å². The lowest BCUT2D eigenvalue weighted by Crippen LogP contribution is -2.31. The van der Waals surface area contributed by atoms with Gasteiger partial charge in [-0.2, -0.15) is 0 Å². The highest BCUT2D eigenvalue weighted by Gasteiger charge is 2.32. The monoisotopic (exact) mass is 386 g/mol. The molecule has 3 heterocycles. The van der Waals surface area contributed by atoms with Gasteiger partial charge in [-0.3, -0.25) is 9.88 Å². The molecule has 0 saturated heterocycles. The molecular formula is C20H17F3N4O. The maximum atomic E-state index is 12.6. The zero-order chi connectivity index (χ0) is 19.6. The van der Waals surface area contributed by atoms with E-state index in [9.17, 15) is 13.2 Å². The molecule has 0 unspecified atom stereocenters. The molecule has 28 heavy (non-hydrogen) atoms. The zero-order valence-electron chi connectivity index (χ0n) is 14.9.